The Kier molecular flexibility index (Phi) is 5.22. The minimum atomic E-state index is -0.603. The van der Waals surface area contributed by atoms with Gasteiger partial charge in [0.05, 0.1) is 12.2 Å². The third-order valence-electron chi connectivity index (χ3n) is 3.14. The van der Waals surface area contributed by atoms with Gasteiger partial charge in [0.15, 0.2) is 0 Å². The lowest BCUT2D eigenvalue weighted by Gasteiger charge is -2.29. The average molecular weight is 215 g/mol. The van der Waals surface area contributed by atoms with Crippen molar-refractivity contribution in [2.75, 3.05) is 6.54 Å². The summed E-state index contributed by atoms with van der Waals surface area (Å²) in [5.74, 6) is 0.586. The summed E-state index contributed by atoms with van der Waals surface area (Å²) in [5, 5.41) is 18.8. The maximum atomic E-state index is 11.2. The van der Waals surface area contributed by atoms with E-state index in [4.69, 9.17) is 5.73 Å². The highest BCUT2D eigenvalue weighted by molar-refractivity contribution is 5.78. The smallest absolute Gasteiger partial charge is 0.134 e. The van der Waals surface area contributed by atoms with Crippen LogP contribution >= 0.6 is 0 Å². The number of aliphatic hydroxyl groups is 2. The summed E-state index contributed by atoms with van der Waals surface area (Å²) >= 11 is 0. The molecule has 0 aromatic heterocycles. The van der Waals surface area contributed by atoms with Gasteiger partial charge in [-0.25, -0.2) is 0 Å². The summed E-state index contributed by atoms with van der Waals surface area (Å²) in [7, 11) is 0. The second-order valence-corrected chi connectivity index (χ2v) is 4.43. The fourth-order valence-electron chi connectivity index (χ4n) is 2.13. The molecule has 3 atom stereocenters. The molecule has 1 fully saturated rings. The summed E-state index contributed by atoms with van der Waals surface area (Å²) < 4.78 is 0. The molecule has 4 heteroatoms. The van der Waals surface area contributed by atoms with Crippen molar-refractivity contribution in [1.82, 2.24) is 0 Å². The molecule has 1 saturated carbocycles. The van der Waals surface area contributed by atoms with E-state index in [2.05, 4.69) is 0 Å². The van der Waals surface area contributed by atoms with Crippen LogP contribution in [0.3, 0.4) is 0 Å². The summed E-state index contributed by atoms with van der Waals surface area (Å²) in [6.07, 6.45) is 2.85. The molecule has 4 nitrogen and oxygen atoms in total. The number of rotatable bonds is 5. The Morgan fingerprint density at radius 3 is 2.53 bits per heavy atom. The first-order chi connectivity index (χ1) is 7.13. The van der Waals surface area contributed by atoms with Crippen molar-refractivity contribution < 1.29 is 15.0 Å². The van der Waals surface area contributed by atoms with Crippen LogP contribution in [0.5, 0.6) is 0 Å². The van der Waals surface area contributed by atoms with Gasteiger partial charge in [-0.05, 0) is 38.1 Å². The van der Waals surface area contributed by atoms with Crippen LogP contribution in [0.15, 0.2) is 0 Å². The molecule has 0 amide bonds. The van der Waals surface area contributed by atoms with Crippen LogP contribution in [0.1, 0.15) is 38.5 Å². The molecule has 0 aliphatic heterocycles. The molecule has 0 aromatic carbocycles. The number of ketones is 1. The van der Waals surface area contributed by atoms with Gasteiger partial charge in [-0.1, -0.05) is 0 Å². The molecular weight excluding hydrogens is 194 g/mol. The van der Waals surface area contributed by atoms with E-state index in [-0.39, 0.29) is 5.78 Å². The summed E-state index contributed by atoms with van der Waals surface area (Å²) in [4.78, 5) is 11.2. The van der Waals surface area contributed by atoms with Gasteiger partial charge in [0, 0.05) is 12.8 Å². The van der Waals surface area contributed by atoms with Gasteiger partial charge in [0.2, 0.25) is 0 Å². The molecular formula is C11H21NO3. The second kappa shape index (κ2) is 6.20. The highest BCUT2D eigenvalue weighted by Gasteiger charge is 2.27. The number of nitrogens with two attached hydrogens (primary N) is 1. The van der Waals surface area contributed by atoms with Gasteiger partial charge in [0.25, 0.3) is 0 Å². The second-order valence-electron chi connectivity index (χ2n) is 4.43. The normalized spacial score (nSPS) is 31.5. The number of carbonyl (C=O) groups is 1. The highest BCUT2D eigenvalue weighted by atomic mass is 16.3. The van der Waals surface area contributed by atoms with Gasteiger partial charge in [-0.3, -0.25) is 4.79 Å². The molecule has 88 valence electrons. The minimum Gasteiger partial charge on any atom is -0.390 e. The Hall–Kier alpha value is -0.450. The number of hydrogen-bond acceptors (Lipinski definition) is 4. The highest BCUT2D eigenvalue weighted by Crippen LogP contribution is 2.28. The molecule has 4 N–H and O–H groups in total. The summed E-state index contributed by atoms with van der Waals surface area (Å²) in [6, 6.07) is 0. The maximum Gasteiger partial charge on any atom is 0.134 e. The third-order valence-corrected chi connectivity index (χ3v) is 3.14. The number of Topliss-reactive ketones (excluding diaryl/α,β-unsaturated/α-hetero) is 1. The molecule has 0 heterocycles. The topological polar surface area (TPSA) is 83.6 Å². The lowest BCUT2D eigenvalue weighted by Crippen LogP contribution is -2.33. The van der Waals surface area contributed by atoms with E-state index in [1.54, 1.807) is 0 Å². The number of aliphatic hydroxyl groups excluding tert-OH is 2. The quantitative estimate of drug-likeness (QED) is 0.612. The van der Waals surface area contributed by atoms with Crippen LogP contribution in [0.2, 0.25) is 0 Å². The van der Waals surface area contributed by atoms with Crippen LogP contribution in [-0.2, 0) is 4.79 Å². The molecule has 1 unspecified atom stereocenters. The van der Waals surface area contributed by atoms with E-state index < -0.39 is 12.2 Å². The zero-order valence-electron chi connectivity index (χ0n) is 9.06. The zero-order valence-corrected chi connectivity index (χ0v) is 9.06. The predicted molar refractivity (Wildman–Crippen MR) is 57.3 cm³/mol. The molecule has 0 bridgehead atoms. The van der Waals surface area contributed by atoms with E-state index in [0.29, 0.717) is 38.1 Å². The van der Waals surface area contributed by atoms with Crippen LogP contribution in [0.4, 0.5) is 0 Å². The number of carbonyl (C=O) groups excluding carboxylic acids is 1. The van der Waals surface area contributed by atoms with Crippen LogP contribution < -0.4 is 5.73 Å². The Balaban J connectivity index is 2.19. The van der Waals surface area contributed by atoms with E-state index in [9.17, 15) is 15.0 Å². The van der Waals surface area contributed by atoms with Crippen molar-refractivity contribution in [2.24, 2.45) is 11.7 Å². The lowest BCUT2D eigenvalue weighted by molar-refractivity contribution is -0.119. The van der Waals surface area contributed by atoms with Crippen molar-refractivity contribution in [3.8, 4) is 0 Å². The Labute approximate surface area is 90.5 Å². The molecule has 15 heavy (non-hydrogen) atoms. The van der Waals surface area contributed by atoms with Crippen molar-refractivity contribution in [1.29, 1.82) is 0 Å². The molecule has 0 saturated heterocycles. The third kappa shape index (κ3) is 4.28. The van der Waals surface area contributed by atoms with E-state index in [1.807, 2.05) is 0 Å². The Bertz CT molecular complexity index is 208. The Morgan fingerprint density at radius 1 is 1.20 bits per heavy atom. The van der Waals surface area contributed by atoms with Crippen molar-refractivity contribution in [3.63, 3.8) is 0 Å². The fourth-order valence-corrected chi connectivity index (χ4v) is 2.13. The van der Waals surface area contributed by atoms with E-state index in [1.165, 1.54) is 0 Å². The number of hydrogen-bond donors (Lipinski definition) is 3. The standard InChI is InChI=1S/C11H21NO3/c12-6-5-9(13)3-1-8-2-4-10(14)11(15)7-8/h8,10-11,14-15H,1-7,12H2/t8?,10-,11+/m0/s1. The first-order valence-electron chi connectivity index (χ1n) is 5.71. The predicted octanol–water partition coefficient (Wildman–Crippen LogP) is 0.206. The maximum absolute atomic E-state index is 11.2. The minimum absolute atomic E-state index is 0.207. The average Bonchev–Trinajstić information content (AvgIpc) is 2.20. The van der Waals surface area contributed by atoms with Gasteiger partial charge in [0.1, 0.15) is 5.78 Å². The van der Waals surface area contributed by atoms with Gasteiger partial charge in [-0.2, -0.15) is 0 Å². The first kappa shape index (κ1) is 12.6. The zero-order chi connectivity index (χ0) is 11.3. The molecule has 0 radical (unpaired) electrons. The van der Waals surface area contributed by atoms with E-state index >= 15 is 0 Å². The molecule has 1 rings (SSSR count). The first-order valence-corrected chi connectivity index (χ1v) is 5.71. The van der Waals surface area contributed by atoms with Crippen LogP contribution in [0, 0.1) is 5.92 Å². The Morgan fingerprint density at radius 2 is 1.93 bits per heavy atom. The van der Waals surface area contributed by atoms with Crippen molar-refractivity contribution in [3.05, 3.63) is 0 Å². The molecule has 1 aliphatic rings. The van der Waals surface area contributed by atoms with Crippen molar-refractivity contribution >= 4 is 5.78 Å². The molecule has 1 aliphatic carbocycles. The summed E-state index contributed by atoms with van der Waals surface area (Å²) in [5.41, 5.74) is 5.28. The van der Waals surface area contributed by atoms with E-state index in [0.717, 1.165) is 12.8 Å². The SMILES string of the molecule is NCCC(=O)CCC1CC[C@H](O)[C@H](O)C1. The van der Waals surface area contributed by atoms with Crippen LogP contribution in [-0.4, -0.2) is 34.7 Å². The van der Waals surface area contributed by atoms with Gasteiger partial charge in [-0.15, -0.1) is 0 Å². The van der Waals surface area contributed by atoms with Crippen molar-refractivity contribution in [2.45, 2.75) is 50.7 Å². The largest absolute Gasteiger partial charge is 0.390 e. The molecule has 0 spiro atoms. The van der Waals surface area contributed by atoms with Crippen LogP contribution in [0.25, 0.3) is 0 Å². The monoisotopic (exact) mass is 215 g/mol. The molecule has 0 aromatic rings. The fraction of sp³-hybridized carbons (Fsp3) is 0.909. The lowest BCUT2D eigenvalue weighted by atomic mass is 9.82. The summed E-state index contributed by atoms with van der Waals surface area (Å²) in [6.45, 7) is 0.421. The van der Waals surface area contributed by atoms with Gasteiger partial charge >= 0.3 is 0 Å². The van der Waals surface area contributed by atoms with Gasteiger partial charge < -0.3 is 15.9 Å².